The molecule has 4 nitrogen and oxygen atoms in total. The first-order valence-corrected chi connectivity index (χ1v) is 7.30. The zero-order valence-electron chi connectivity index (χ0n) is 11.5. The molecule has 3 N–H and O–H groups in total. The highest BCUT2D eigenvalue weighted by atomic mass is 79.9. The minimum atomic E-state index is -0.463. The number of carbonyl (C=O) groups excluding carboxylic acids is 1. The fourth-order valence-electron chi connectivity index (χ4n) is 1.90. The van der Waals surface area contributed by atoms with E-state index in [9.17, 15) is 4.79 Å². The number of halogens is 2. The number of nitrogens with two attached hydrogens (primary N) is 1. The first kappa shape index (κ1) is 15.7. The first-order chi connectivity index (χ1) is 9.92. The lowest BCUT2D eigenvalue weighted by Crippen LogP contribution is -2.08. The first-order valence-electron chi connectivity index (χ1n) is 6.13. The molecular formula is C15H14BrClN2O2. The van der Waals surface area contributed by atoms with Gasteiger partial charge in [0.05, 0.1) is 18.4 Å². The van der Waals surface area contributed by atoms with Crippen molar-refractivity contribution < 1.29 is 9.53 Å². The van der Waals surface area contributed by atoms with E-state index in [1.54, 1.807) is 18.2 Å². The smallest absolute Gasteiger partial charge is 0.340 e. The Morgan fingerprint density at radius 3 is 2.67 bits per heavy atom. The van der Waals surface area contributed by atoms with Crippen LogP contribution in [0, 0.1) is 6.92 Å². The van der Waals surface area contributed by atoms with Crippen molar-refractivity contribution >= 4 is 50.6 Å². The normalized spacial score (nSPS) is 10.3. The highest BCUT2D eigenvalue weighted by Crippen LogP contribution is 2.31. The van der Waals surface area contributed by atoms with Gasteiger partial charge < -0.3 is 15.8 Å². The Kier molecular flexibility index (Phi) is 4.75. The second-order valence-corrected chi connectivity index (χ2v) is 5.79. The van der Waals surface area contributed by atoms with Gasteiger partial charge in [0.1, 0.15) is 0 Å². The average molecular weight is 370 g/mol. The molecule has 0 heterocycles. The molecular weight excluding hydrogens is 356 g/mol. The van der Waals surface area contributed by atoms with E-state index in [1.807, 2.05) is 19.1 Å². The maximum atomic E-state index is 11.7. The summed E-state index contributed by atoms with van der Waals surface area (Å²) >= 11 is 9.35. The number of carbonyl (C=O) groups is 1. The largest absolute Gasteiger partial charge is 0.465 e. The van der Waals surface area contributed by atoms with E-state index < -0.39 is 5.97 Å². The van der Waals surface area contributed by atoms with Crippen LogP contribution >= 0.6 is 27.5 Å². The molecule has 0 atom stereocenters. The summed E-state index contributed by atoms with van der Waals surface area (Å²) in [6.07, 6.45) is 0. The lowest BCUT2D eigenvalue weighted by atomic mass is 10.1. The highest BCUT2D eigenvalue weighted by molar-refractivity contribution is 9.10. The van der Waals surface area contributed by atoms with Crippen LogP contribution < -0.4 is 11.1 Å². The Balaban J connectivity index is 2.40. The third-order valence-electron chi connectivity index (χ3n) is 3.00. The molecule has 0 unspecified atom stereocenters. The number of nitrogens with one attached hydrogen (secondary N) is 1. The second kappa shape index (κ2) is 6.37. The minimum Gasteiger partial charge on any atom is -0.465 e. The van der Waals surface area contributed by atoms with Crippen molar-refractivity contribution in [1.82, 2.24) is 0 Å². The molecule has 110 valence electrons. The van der Waals surface area contributed by atoms with Gasteiger partial charge >= 0.3 is 5.97 Å². The van der Waals surface area contributed by atoms with Gasteiger partial charge in [-0.3, -0.25) is 0 Å². The lowest BCUT2D eigenvalue weighted by molar-refractivity contribution is 0.0602. The molecule has 2 rings (SSSR count). The Morgan fingerprint density at radius 2 is 2.05 bits per heavy atom. The van der Waals surface area contributed by atoms with Crippen molar-refractivity contribution in [2.45, 2.75) is 6.92 Å². The van der Waals surface area contributed by atoms with Gasteiger partial charge in [-0.1, -0.05) is 11.6 Å². The SMILES string of the molecule is COC(=O)c1cc(Nc2ccc(Cl)cc2Br)cc(C)c1N. The van der Waals surface area contributed by atoms with Crippen molar-refractivity contribution in [2.24, 2.45) is 0 Å². The van der Waals surface area contributed by atoms with E-state index >= 15 is 0 Å². The molecule has 0 aliphatic carbocycles. The number of benzene rings is 2. The van der Waals surface area contributed by atoms with Crippen LogP contribution in [-0.2, 0) is 4.74 Å². The summed E-state index contributed by atoms with van der Waals surface area (Å²) in [6.45, 7) is 1.84. The zero-order chi connectivity index (χ0) is 15.6. The van der Waals surface area contributed by atoms with Crippen molar-refractivity contribution in [3.05, 3.63) is 51.0 Å². The van der Waals surface area contributed by atoms with Crippen LogP contribution in [0.15, 0.2) is 34.8 Å². The van der Waals surface area contributed by atoms with E-state index in [0.29, 0.717) is 16.3 Å². The van der Waals surface area contributed by atoms with Crippen LogP contribution in [0.3, 0.4) is 0 Å². The van der Waals surface area contributed by atoms with Crippen LogP contribution in [0.25, 0.3) is 0 Å². The fourth-order valence-corrected chi connectivity index (χ4v) is 2.68. The number of esters is 1. The van der Waals surface area contributed by atoms with Crippen molar-refractivity contribution in [2.75, 3.05) is 18.2 Å². The lowest BCUT2D eigenvalue weighted by Gasteiger charge is -2.13. The molecule has 0 aliphatic heterocycles. The second-order valence-electron chi connectivity index (χ2n) is 4.50. The third-order valence-corrected chi connectivity index (χ3v) is 3.89. The molecule has 0 saturated carbocycles. The summed E-state index contributed by atoms with van der Waals surface area (Å²) in [7, 11) is 1.33. The van der Waals surface area contributed by atoms with Crippen LogP contribution in [0.1, 0.15) is 15.9 Å². The number of ether oxygens (including phenoxy) is 1. The average Bonchev–Trinajstić information content (AvgIpc) is 2.44. The number of anilines is 3. The fraction of sp³-hybridized carbons (Fsp3) is 0.133. The number of hydrogen-bond donors (Lipinski definition) is 2. The van der Waals surface area contributed by atoms with Gasteiger partial charge in [0, 0.05) is 20.9 Å². The Bertz CT molecular complexity index is 704. The molecule has 0 aromatic heterocycles. The van der Waals surface area contributed by atoms with Gasteiger partial charge in [0.15, 0.2) is 0 Å². The Hall–Kier alpha value is -1.72. The minimum absolute atomic E-state index is 0.338. The molecule has 6 heteroatoms. The van der Waals surface area contributed by atoms with Crippen LogP contribution in [0.5, 0.6) is 0 Å². The summed E-state index contributed by atoms with van der Waals surface area (Å²) in [6, 6.07) is 8.93. The Labute approximate surface area is 136 Å². The highest BCUT2D eigenvalue weighted by Gasteiger charge is 2.14. The van der Waals surface area contributed by atoms with Gasteiger partial charge in [0.25, 0.3) is 0 Å². The van der Waals surface area contributed by atoms with Crippen LogP contribution in [0.2, 0.25) is 5.02 Å². The van der Waals surface area contributed by atoms with E-state index in [-0.39, 0.29) is 0 Å². The maximum absolute atomic E-state index is 11.7. The monoisotopic (exact) mass is 368 g/mol. The number of nitrogen functional groups attached to an aromatic ring is 1. The Morgan fingerprint density at radius 1 is 1.33 bits per heavy atom. The van der Waals surface area contributed by atoms with Crippen LogP contribution in [-0.4, -0.2) is 13.1 Å². The van der Waals surface area contributed by atoms with Crippen LogP contribution in [0.4, 0.5) is 17.1 Å². The van der Waals surface area contributed by atoms with E-state index in [4.69, 9.17) is 22.1 Å². The molecule has 0 saturated heterocycles. The van der Waals surface area contributed by atoms with Gasteiger partial charge in [0.2, 0.25) is 0 Å². The standard InChI is InChI=1S/C15H14BrClN2O2/c1-8-5-10(7-11(14(8)18)15(20)21-2)19-13-4-3-9(17)6-12(13)16/h3-7,19H,18H2,1-2H3. The third kappa shape index (κ3) is 3.49. The number of rotatable bonds is 3. The number of methoxy groups -OCH3 is 1. The molecule has 0 bridgehead atoms. The summed E-state index contributed by atoms with van der Waals surface area (Å²) in [4.78, 5) is 11.7. The topological polar surface area (TPSA) is 64.3 Å². The number of hydrogen-bond acceptors (Lipinski definition) is 4. The molecule has 21 heavy (non-hydrogen) atoms. The van der Waals surface area contributed by atoms with E-state index in [0.717, 1.165) is 21.4 Å². The van der Waals surface area contributed by atoms with Crippen molar-refractivity contribution in [1.29, 1.82) is 0 Å². The number of aryl methyl sites for hydroxylation is 1. The quantitative estimate of drug-likeness (QED) is 0.616. The molecule has 0 amide bonds. The maximum Gasteiger partial charge on any atom is 0.340 e. The molecule has 0 radical (unpaired) electrons. The predicted octanol–water partition coefficient (Wildman–Crippen LogP) is 4.52. The predicted molar refractivity (Wildman–Crippen MR) is 89.4 cm³/mol. The molecule has 0 aliphatic rings. The molecule has 2 aromatic carbocycles. The zero-order valence-corrected chi connectivity index (χ0v) is 13.9. The van der Waals surface area contributed by atoms with E-state index in [1.165, 1.54) is 7.11 Å². The van der Waals surface area contributed by atoms with Crippen molar-refractivity contribution in [3.63, 3.8) is 0 Å². The summed E-state index contributed by atoms with van der Waals surface area (Å²) < 4.78 is 5.57. The van der Waals surface area contributed by atoms with E-state index in [2.05, 4.69) is 21.2 Å². The summed E-state index contributed by atoms with van der Waals surface area (Å²) in [5.41, 5.74) is 9.04. The molecule has 0 fully saturated rings. The summed E-state index contributed by atoms with van der Waals surface area (Å²) in [5, 5.41) is 3.85. The van der Waals surface area contributed by atoms with Gasteiger partial charge in [-0.15, -0.1) is 0 Å². The van der Waals surface area contributed by atoms with Crippen molar-refractivity contribution in [3.8, 4) is 0 Å². The molecule has 2 aromatic rings. The van der Waals surface area contributed by atoms with Gasteiger partial charge in [-0.25, -0.2) is 4.79 Å². The van der Waals surface area contributed by atoms with Gasteiger partial charge in [-0.05, 0) is 58.7 Å². The summed E-state index contributed by atoms with van der Waals surface area (Å²) in [5.74, 6) is -0.463. The molecule has 0 spiro atoms. The van der Waals surface area contributed by atoms with Gasteiger partial charge in [-0.2, -0.15) is 0 Å².